The van der Waals surface area contributed by atoms with Gasteiger partial charge in [0.05, 0.1) is 17.8 Å². The van der Waals surface area contributed by atoms with E-state index in [1.165, 1.54) is 0 Å². The zero-order valence-corrected chi connectivity index (χ0v) is 8.97. The molecule has 0 N–H and O–H groups in total. The molecule has 3 nitrogen and oxygen atoms in total. The van der Waals surface area contributed by atoms with Gasteiger partial charge in [0.1, 0.15) is 0 Å². The average molecular weight is 233 g/mol. The molecule has 0 aliphatic carbocycles. The maximum absolute atomic E-state index is 11.2. The molecule has 4 heteroatoms. The largest absolute Gasteiger partial charge is 0.339 e. The van der Waals surface area contributed by atoms with Crippen molar-refractivity contribution >= 4 is 21.8 Å². The first kappa shape index (κ1) is 11.4. The predicted molar refractivity (Wildman–Crippen MR) is 50.9 cm³/mol. The second kappa shape index (κ2) is 6.01. The summed E-state index contributed by atoms with van der Waals surface area (Å²) in [6.07, 6.45) is 0.400. The zero-order chi connectivity index (χ0) is 9.56. The standard InChI is InChI=1S/C8H13BrN2O/c1-7(2)11(5-3-4-10)8(12)6-9/h7H,3,5-6H2,1-2H3. The molecule has 0 bridgehead atoms. The molecule has 0 fully saturated rings. The highest BCUT2D eigenvalue weighted by molar-refractivity contribution is 9.09. The number of hydrogen-bond donors (Lipinski definition) is 0. The van der Waals surface area contributed by atoms with Crippen molar-refractivity contribution < 1.29 is 4.79 Å². The summed E-state index contributed by atoms with van der Waals surface area (Å²) in [5.41, 5.74) is 0. The van der Waals surface area contributed by atoms with Crippen LogP contribution in [0.3, 0.4) is 0 Å². The molecule has 0 rings (SSSR count). The highest BCUT2D eigenvalue weighted by Gasteiger charge is 2.14. The quantitative estimate of drug-likeness (QED) is 0.691. The fraction of sp³-hybridized carbons (Fsp3) is 0.750. The zero-order valence-electron chi connectivity index (χ0n) is 7.38. The van der Waals surface area contributed by atoms with Crippen LogP contribution in [0.1, 0.15) is 20.3 Å². The molecule has 0 spiro atoms. The molecule has 0 aliphatic heterocycles. The summed E-state index contributed by atoms with van der Waals surface area (Å²) in [6, 6.07) is 2.19. The Balaban J connectivity index is 4.06. The van der Waals surface area contributed by atoms with Gasteiger partial charge in [0, 0.05) is 12.6 Å². The Morgan fingerprint density at radius 1 is 1.67 bits per heavy atom. The van der Waals surface area contributed by atoms with Gasteiger partial charge in [0.15, 0.2) is 0 Å². The maximum Gasteiger partial charge on any atom is 0.233 e. The van der Waals surface area contributed by atoms with Crippen LogP contribution in [0.5, 0.6) is 0 Å². The van der Waals surface area contributed by atoms with E-state index in [1.54, 1.807) is 4.90 Å². The van der Waals surface area contributed by atoms with E-state index in [9.17, 15) is 4.79 Å². The molecular formula is C8H13BrN2O. The third-order valence-electron chi connectivity index (χ3n) is 1.52. The van der Waals surface area contributed by atoms with E-state index >= 15 is 0 Å². The normalized spacial score (nSPS) is 9.58. The van der Waals surface area contributed by atoms with Gasteiger partial charge in [0.25, 0.3) is 0 Å². The minimum atomic E-state index is 0.0419. The number of carbonyl (C=O) groups is 1. The van der Waals surface area contributed by atoms with Crippen LogP contribution in [0.25, 0.3) is 0 Å². The molecule has 0 atom stereocenters. The van der Waals surface area contributed by atoms with Crippen LogP contribution in [-0.4, -0.2) is 28.7 Å². The summed E-state index contributed by atoms with van der Waals surface area (Å²) < 4.78 is 0. The smallest absolute Gasteiger partial charge is 0.233 e. The highest BCUT2D eigenvalue weighted by atomic mass is 79.9. The van der Waals surface area contributed by atoms with Crippen molar-refractivity contribution in [1.29, 1.82) is 5.26 Å². The molecule has 0 aliphatic rings. The number of nitriles is 1. The number of alkyl halides is 1. The summed E-state index contributed by atoms with van der Waals surface area (Å²) in [5, 5.41) is 8.68. The van der Waals surface area contributed by atoms with E-state index in [4.69, 9.17) is 5.26 Å². The van der Waals surface area contributed by atoms with Crippen LogP contribution in [0.15, 0.2) is 0 Å². The number of halogens is 1. The predicted octanol–water partition coefficient (Wildman–Crippen LogP) is 1.53. The molecule has 0 unspecified atom stereocenters. The second-order valence-corrected chi connectivity index (χ2v) is 3.28. The van der Waals surface area contributed by atoms with Crippen LogP contribution in [0, 0.1) is 11.3 Å². The van der Waals surface area contributed by atoms with Crippen molar-refractivity contribution in [2.24, 2.45) is 0 Å². The number of nitrogens with zero attached hydrogens (tertiary/aromatic N) is 2. The topological polar surface area (TPSA) is 44.1 Å². The van der Waals surface area contributed by atoms with Gasteiger partial charge in [-0.25, -0.2) is 0 Å². The fourth-order valence-corrected chi connectivity index (χ4v) is 1.24. The molecule has 0 saturated heterocycles. The third-order valence-corrected chi connectivity index (χ3v) is 2.00. The Morgan fingerprint density at radius 2 is 2.25 bits per heavy atom. The van der Waals surface area contributed by atoms with Crippen molar-refractivity contribution in [3.05, 3.63) is 0 Å². The Kier molecular flexibility index (Phi) is 5.73. The molecule has 0 radical (unpaired) electrons. The monoisotopic (exact) mass is 232 g/mol. The summed E-state index contributed by atoms with van der Waals surface area (Å²) >= 11 is 3.10. The van der Waals surface area contributed by atoms with Gasteiger partial charge in [-0.15, -0.1) is 0 Å². The summed E-state index contributed by atoms with van der Waals surface area (Å²) in [7, 11) is 0. The molecule has 1 amide bonds. The molecule has 0 aromatic rings. The highest BCUT2D eigenvalue weighted by Crippen LogP contribution is 2.01. The van der Waals surface area contributed by atoms with E-state index in [-0.39, 0.29) is 11.9 Å². The molecular weight excluding hydrogens is 220 g/mol. The van der Waals surface area contributed by atoms with E-state index in [2.05, 4.69) is 15.9 Å². The Morgan fingerprint density at radius 3 is 2.58 bits per heavy atom. The van der Waals surface area contributed by atoms with E-state index < -0.39 is 0 Å². The van der Waals surface area contributed by atoms with Gasteiger partial charge in [-0.2, -0.15) is 5.26 Å². The molecule has 12 heavy (non-hydrogen) atoms. The lowest BCUT2D eigenvalue weighted by molar-refractivity contribution is -0.129. The fourth-order valence-electron chi connectivity index (χ4n) is 0.918. The van der Waals surface area contributed by atoms with E-state index in [0.717, 1.165) is 0 Å². The minimum Gasteiger partial charge on any atom is -0.339 e. The van der Waals surface area contributed by atoms with Crippen molar-refractivity contribution in [2.45, 2.75) is 26.3 Å². The first-order valence-electron chi connectivity index (χ1n) is 3.85. The Labute approximate surface area is 81.5 Å². The van der Waals surface area contributed by atoms with Gasteiger partial charge < -0.3 is 4.90 Å². The summed E-state index contributed by atoms with van der Waals surface area (Å²) in [6.45, 7) is 4.41. The van der Waals surface area contributed by atoms with Gasteiger partial charge >= 0.3 is 0 Å². The van der Waals surface area contributed by atoms with Crippen LogP contribution < -0.4 is 0 Å². The average Bonchev–Trinajstić information content (AvgIpc) is 2.04. The van der Waals surface area contributed by atoms with Crippen LogP contribution in [0.2, 0.25) is 0 Å². The molecule has 0 heterocycles. The lowest BCUT2D eigenvalue weighted by Crippen LogP contribution is -2.38. The summed E-state index contributed by atoms with van der Waals surface area (Å²) in [4.78, 5) is 12.9. The Bertz CT molecular complexity index is 186. The molecule has 0 saturated carbocycles. The first-order valence-corrected chi connectivity index (χ1v) is 4.98. The van der Waals surface area contributed by atoms with E-state index in [0.29, 0.717) is 18.3 Å². The van der Waals surface area contributed by atoms with Crippen molar-refractivity contribution in [3.63, 3.8) is 0 Å². The number of hydrogen-bond acceptors (Lipinski definition) is 2. The van der Waals surface area contributed by atoms with Crippen molar-refractivity contribution in [2.75, 3.05) is 11.9 Å². The number of amides is 1. The van der Waals surface area contributed by atoms with E-state index in [1.807, 2.05) is 19.9 Å². The van der Waals surface area contributed by atoms with Gasteiger partial charge in [-0.1, -0.05) is 15.9 Å². The van der Waals surface area contributed by atoms with Crippen molar-refractivity contribution in [1.82, 2.24) is 4.90 Å². The molecule has 0 aromatic heterocycles. The minimum absolute atomic E-state index is 0.0419. The van der Waals surface area contributed by atoms with Gasteiger partial charge in [-0.05, 0) is 13.8 Å². The lowest BCUT2D eigenvalue weighted by atomic mass is 10.3. The van der Waals surface area contributed by atoms with Crippen LogP contribution in [0.4, 0.5) is 0 Å². The number of rotatable bonds is 4. The number of carbonyl (C=O) groups excluding carboxylic acids is 1. The Hall–Kier alpha value is -0.560. The van der Waals surface area contributed by atoms with Gasteiger partial charge in [0.2, 0.25) is 5.91 Å². The second-order valence-electron chi connectivity index (χ2n) is 2.72. The first-order chi connectivity index (χ1) is 5.63. The molecule has 0 aromatic carbocycles. The SMILES string of the molecule is CC(C)N(CCC#N)C(=O)CBr. The van der Waals surface area contributed by atoms with Crippen LogP contribution in [-0.2, 0) is 4.79 Å². The lowest BCUT2D eigenvalue weighted by Gasteiger charge is -2.24. The maximum atomic E-state index is 11.2. The summed E-state index contributed by atoms with van der Waals surface area (Å²) in [5.74, 6) is 0.0419. The van der Waals surface area contributed by atoms with Crippen molar-refractivity contribution in [3.8, 4) is 6.07 Å². The molecule has 68 valence electrons. The van der Waals surface area contributed by atoms with Gasteiger partial charge in [-0.3, -0.25) is 4.79 Å². The van der Waals surface area contributed by atoms with Crippen LogP contribution >= 0.6 is 15.9 Å². The third kappa shape index (κ3) is 3.72.